The zero-order valence-corrected chi connectivity index (χ0v) is 12.1. The van der Waals surface area contributed by atoms with E-state index in [0.717, 1.165) is 0 Å². The number of rotatable bonds is 5. The Hall–Kier alpha value is -2.39. The van der Waals surface area contributed by atoms with Gasteiger partial charge in [-0.15, -0.1) is 0 Å². The molecule has 1 amide bonds. The number of hydrogen-bond donors (Lipinski definition) is 1. The number of methoxy groups -OCH3 is 1. The third kappa shape index (κ3) is 5.24. The van der Waals surface area contributed by atoms with Gasteiger partial charge in [-0.1, -0.05) is 11.8 Å². The molecule has 6 nitrogen and oxygen atoms in total. The van der Waals surface area contributed by atoms with Crippen LogP contribution in [0.5, 0.6) is 0 Å². The largest absolute Gasteiger partial charge is 0.469 e. The summed E-state index contributed by atoms with van der Waals surface area (Å²) in [4.78, 5) is 28.8. The standard InChI is InChI=1S/C15H18N2O4/c1-17(10-4-8-13(19)21-2)15(20)14-12(7-5-11-18)6-3-9-16-14/h3,6,9,18H,4,8,10-11H2,1-2H3. The van der Waals surface area contributed by atoms with Gasteiger partial charge in [0.25, 0.3) is 5.91 Å². The van der Waals surface area contributed by atoms with E-state index in [1.54, 1.807) is 19.2 Å². The minimum absolute atomic E-state index is 0.235. The maximum absolute atomic E-state index is 12.3. The zero-order chi connectivity index (χ0) is 15.7. The molecule has 0 saturated heterocycles. The van der Waals surface area contributed by atoms with Crippen LogP contribution in [-0.4, -0.2) is 54.2 Å². The molecule has 0 aliphatic rings. The maximum atomic E-state index is 12.3. The van der Waals surface area contributed by atoms with Crippen LogP contribution in [0.1, 0.15) is 28.9 Å². The van der Waals surface area contributed by atoms with Gasteiger partial charge in [-0.3, -0.25) is 9.59 Å². The molecule has 112 valence electrons. The summed E-state index contributed by atoms with van der Waals surface area (Å²) in [7, 11) is 2.97. The van der Waals surface area contributed by atoms with Gasteiger partial charge in [0, 0.05) is 26.2 Å². The smallest absolute Gasteiger partial charge is 0.305 e. The fourth-order valence-corrected chi connectivity index (χ4v) is 1.66. The van der Waals surface area contributed by atoms with Crippen molar-refractivity contribution in [1.29, 1.82) is 0 Å². The number of esters is 1. The van der Waals surface area contributed by atoms with Crippen LogP contribution in [0.2, 0.25) is 0 Å². The Morgan fingerprint density at radius 2 is 2.24 bits per heavy atom. The predicted octanol–water partition coefficient (Wildman–Crippen LogP) is 0.451. The lowest BCUT2D eigenvalue weighted by molar-refractivity contribution is -0.140. The van der Waals surface area contributed by atoms with Crippen molar-refractivity contribution in [2.24, 2.45) is 0 Å². The molecular weight excluding hydrogens is 272 g/mol. The van der Waals surface area contributed by atoms with Crippen molar-refractivity contribution in [2.45, 2.75) is 12.8 Å². The van der Waals surface area contributed by atoms with Crippen LogP contribution in [0.4, 0.5) is 0 Å². The molecule has 21 heavy (non-hydrogen) atoms. The van der Waals surface area contributed by atoms with E-state index in [9.17, 15) is 9.59 Å². The topological polar surface area (TPSA) is 79.7 Å². The number of aliphatic hydroxyl groups is 1. The quantitative estimate of drug-likeness (QED) is 0.629. The molecular formula is C15H18N2O4. The molecule has 1 aromatic rings. The molecule has 0 aliphatic heterocycles. The molecule has 0 radical (unpaired) electrons. The van der Waals surface area contributed by atoms with E-state index in [4.69, 9.17) is 5.11 Å². The van der Waals surface area contributed by atoms with Crippen molar-refractivity contribution < 1.29 is 19.4 Å². The van der Waals surface area contributed by atoms with Crippen LogP contribution in [0, 0.1) is 11.8 Å². The molecule has 0 atom stereocenters. The minimum atomic E-state index is -0.303. The zero-order valence-electron chi connectivity index (χ0n) is 12.1. The number of pyridine rings is 1. The van der Waals surface area contributed by atoms with Crippen LogP contribution in [0.3, 0.4) is 0 Å². The molecule has 1 heterocycles. The summed E-state index contributed by atoms with van der Waals surface area (Å²) in [5.74, 6) is 4.62. The fraction of sp³-hybridized carbons (Fsp3) is 0.400. The van der Waals surface area contributed by atoms with Gasteiger partial charge >= 0.3 is 5.97 Å². The Labute approximate surface area is 123 Å². The number of amides is 1. The van der Waals surface area contributed by atoms with Crippen LogP contribution >= 0.6 is 0 Å². The van der Waals surface area contributed by atoms with E-state index < -0.39 is 0 Å². The molecule has 1 rings (SSSR count). The van der Waals surface area contributed by atoms with Crippen molar-refractivity contribution in [3.63, 3.8) is 0 Å². The minimum Gasteiger partial charge on any atom is -0.469 e. The normalized spacial score (nSPS) is 9.48. The van der Waals surface area contributed by atoms with Crippen molar-refractivity contribution in [1.82, 2.24) is 9.88 Å². The van der Waals surface area contributed by atoms with Crippen LogP contribution < -0.4 is 0 Å². The summed E-state index contributed by atoms with van der Waals surface area (Å²) in [5.41, 5.74) is 0.704. The fourth-order valence-electron chi connectivity index (χ4n) is 1.66. The molecule has 0 bridgehead atoms. The van der Waals surface area contributed by atoms with Gasteiger partial charge in [-0.2, -0.15) is 0 Å². The Morgan fingerprint density at radius 1 is 1.48 bits per heavy atom. The van der Waals surface area contributed by atoms with Crippen molar-refractivity contribution in [3.8, 4) is 11.8 Å². The summed E-state index contributed by atoms with van der Waals surface area (Å²) < 4.78 is 4.54. The van der Waals surface area contributed by atoms with Crippen molar-refractivity contribution in [3.05, 3.63) is 29.6 Å². The number of aliphatic hydroxyl groups excluding tert-OH is 1. The summed E-state index contributed by atoms with van der Waals surface area (Å²) in [6, 6.07) is 3.35. The first-order chi connectivity index (χ1) is 10.1. The van der Waals surface area contributed by atoms with Crippen LogP contribution in [0.15, 0.2) is 18.3 Å². The highest BCUT2D eigenvalue weighted by molar-refractivity contribution is 5.94. The molecule has 1 aromatic heterocycles. The van der Waals surface area contributed by atoms with Gasteiger partial charge < -0.3 is 14.7 Å². The van der Waals surface area contributed by atoms with Crippen LogP contribution in [-0.2, 0) is 9.53 Å². The third-order valence-corrected chi connectivity index (χ3v) is 2.76. The Morgan fingerprint density at radius 3 is 2.90 bits per heavy atom. The predicted molar refractivity (Wildman–Crippen MR) is 76.4 cm³/mol. The Kier molecular flexibility index (Phi) is 6.92. The second-order valence-electron chi connectivity index (χ2n) is 4.27. The lowest BCUT2D eigenvalue weighted by atomic mass is 10.1. The summed E-state index contributed by atoms with van der Waals surface area (Å²) >= 11 is 0. The number of aromatic nitrogens is 1. The molecule has 0 spiro atoms. The molecule has 0 aromatic carbocycles. The monoisotopic (exact) mass is 290 g/mol. The molecule has 0 saturated carbocycles. The Bertz CT molecular complexity index is 560. The van der Waals surface area contributed by atoms with E-state index in [0.29, 0.717) is 18.5 Å². The number of carbonyl (C=O) groups is 2. The summed E-state index contributed by atoms with van der Waals surface area (Å²) in [6.45, 7) is 0.134. The van der Waals surface area contributed by atoms with Gasteiger partial charge in [0.2, 0.25) is 0 Å². The van der Waals surface area contributed by atoms with E-state index in [-0.39, 0.29) is 30.6 Å². The lowest BCUT2D eigenvalue weighted by Crippen LogP contribution is -2.29. The molecule has 6 heteroatoms. The average molecular weight is 290 g/mol. The number of carbonyl (C=O) groups excluding carboxylic acids is 2. The van der Waals surface area contributed by atoms with Gasteiger partial charge in [0.05, 0.1) is 12.7 Å². The third-order valence-electron chi connectivity index (χ3n) is 2.76. The SMILES string of the molecule is COC(=O)CCCN(C)C(=O)c1ncccc1C#CCO. The molecule has 0 fully saturated rings. The number of ether oxygens (including phenoxy) is 1. The van der Waals surface area contributed by atoms with Gasteiger partial charge in [-0.25, -0.2) is 4.98 Å². The first-order valence-electron chi connectivity index (χ1n) is 6.47. The second kappa shape index (κ2) is 8.72. The second-order valence-corrected chi connectivity index (χ2v) is 4.27. The van der Waals surface area contributed by atoms with E-state index in [1.165, 1.54) is 18.2 Å². The van der Waals surface area contributed by atoms with Crippen molar-refractivity contribution in [2.75, 3.05) is 27.3 Å². The molecule has 1 N–H and O–H groups in total. The Balaban J connectivity index is 2.72. The first kappa shape index (κ1) is 16.7. The average Bonchev–Trinajstić information content (AvgIpc) is 2.52. The number of hydrogen-bond acceptors (Lipinski definition) is 5. The van der Waals surface area contributed by atoms with E-state index in [2.05, 4.69) is 21.6 Å². The van der Waals surface area contributed by atoms with E-state index in [1.807, 2.05) is 0 Å². The number of nitrogens with zero attached hydrogens (tertiary/aromatic N) is 2. The summed E-state index contributed by atoms with van der Waals surface area (Å²) in [5, 5.41) is 8.72. The summed E-state index contributed by atoms with van der Waals surface area (Å²) in [6.07, 6.45) is 2.28. The lowest BCUT2D eigenvalue weighted by Gasteiger charge is -2.16. The highest BCUT2D eigenvalue weighted by Crippen LogP contribution is 2.08. The highest BCUT2D eigenvalue weighted by Gasteiger charge is 2.16. The highest BCUT2D eigenvalue weighted by atomic mass is 16.5. The van der Waals surface area contributed by atoms with Gasteiger partial charge in [0.15, 0.2) is 0 Å². The van der Waals surface area contributed by atoms with Crippen molar-refractivity contribution >= 4 is 11.9 Å². The van der Waals surface area contributed by atoms with Gasteiger partial charge in [0.1, 0.15) is 12.3 Å². The van der Waals surface area contributed by atoms with E-state index >= 15 is 0 Å². The first-order valence-corrected chi connectivity index (χ1v) is 6.47. The van der Waals surface area contributed by atoms with Gasteiger partial charge in [-0.05, 0) is 18.6 Å². The van der Waals surface area contributed by atoms with Crippen LogP contribution in [0.25, 0.3) is 0 Å². The molecule has 0 unspecified atom stereocenters. The maximum Gasteiger partial charge on any atom is 0.305 e. The molecule has 0 aliphatic carbocycles.